The molecule has 0 aromatic carbocycles. The van der Waals surface area contributed by atoms with Gasteiger partial charge >= 0.3 is 0 Å². The van der Waals surface area contributed by atoms with Gasteiger partial charge in [0.05, 0.1) is 0 Å². The zero-order valence-electron chi connectivity index (χ0n) is 24.9. The van der Waals surface area contributed by atoms with Gasteiger partial charge in [0.1, 0.15) is 0 Å². The highest BCUT2D eigenvalue weighted by Crippen LogP contribution is 2.42. The topological polar surface area (TPSA) is 76.6 Å². The van der Waals surface area contributed by atoms with Crippen LogP contribution in [-0.2, 0) is 4.79 Å². The zero-order valence-corrected chi connectivity index (χ0v) is 24.9. The second-order valence-corrected chi connectivity index (χ2v) is 11.3. The molecule has 3 heteroatoms. The molecule has 0 saturated heterocycles. The summed E-state index contributed by atoms with van der Waals surface area (Å²) >= 11 is 0. The Morgan fingerprint density at radius 2 is 0.714 bits per heavy atom. The largest absolute Gasteiger partial charge is 0.550 e. The molecule has 0 bridgehead atoms. The third kappa shape index (κ3) is 24.9. The third-order valence-corrected chi connectivity index (χ3v) is 8.02. The maximum atomic E-state index is 10.7. The van der Waals surface area contributed by atoms with Crippen molar-refractivity contribution in [3.63, 3.8) is 0 Å². The van der Waals surface area contributed by atoms with Gasteiger partial charge in [-0.15, -0.1) is 0 Å². The van der Waals surface area contributed by atoms with Crippen molar-refractivity contribution < 1.29 is 9.90 Å². The third-order valence-electron chi connectivity index (χ3n) is 8.02. The molecule has 0 aliphatic rings. The molecule has 0 saturated carbocycles. The standard InChI is InChI=1S/C32H64O2.H3N/c1-4-7-10-13-17-22-27-32(28-23-18-14-11-8-5-2,29-24-19-15-12-9-6-3)30-25-20-16-21-26-31(33)34;/h4-30H2,1-3H3,(H,33,34);1H3. The first-order valence-electron chi connectivity index (χ1n) is 15.8. The van der Waals surface area contributed by atoms with Gasteiger partial charge in [-0.05, 0) is 43.9 Å². The molecule has 0 unspecified atom stereocenters. The molecular formula is C32H67NO2. The number of carboxylic acids is 1. The van der Waals surface area contributed by atoms with Crippen LogP contribution in [-0.4, -0.2) is 5.97 Å². The number of carbonyl (C=O) groups excluding carboxylic acids is 1. The summed E-state index contributed by atoms with van der Waals surface area (Å²) in [5, 5.41) is 10.7. The van der Waals surface area contributed by atoms with E-state index in [2.05, 4.69) is 20.8 Å². The van der Waals surface area contributed by atoms with E-state index in [0.29, 0.717) is 5.41 Å². The van der Waals surface area contributed by atoms with Crippen molar-refractivity contribution in [2.24, 2.45) is 5.41 Å². The Bertz CT molecular complexity index is 383. The Balaban J connectivity index is 0. The maximum absolute atomic E-state index is 10.7. The first kappa shape index (κ1) is 36.6. The number of quaternary nitrogens is 1. The fourth-order valence-electron chi connectivity index (χ4n) is 5.71. The van der Waals surface area contributed by atoms with E-state index >= 15 is 0 Å². The van der Waals surface area contributed by atoms with Crippen molar-refractivity contribution in [3.05, 3.63) is 0 Å². The monoisotopic (exact) mass is 498 g/mol. The normalized spacial score (nSPS) is 11.5. The SMILES string of the molecule is CCCCCCCCC(CCCCCCCC)(CCCCCCCC)CCCCCCC(=O)[O-].[NH4+]. The highest BCUT2D eigenvalue weighted by atomic mass is 16.4. The summed E-state index contributed by atoms with van der Waals surface area (Å²) in [6.45, 7) is 6.91. The van der Waals surface area contributed by atoms with E-state index in [4.69, 9.17) is 0 Å². The van der Waals surface area contributed by atoms with Crippen molar-refractivity contribution in [2.75, 3.05) is 0 Å². The second kappa shape index (κ2) is 28.0. The van der Waals surface area contributed by atoms with Crippen molar-refractivity contribution >= 4 is 5.97 Å². The molecule has 0 amide bonds. The Hall–Kier alpha value is -0.570. The number of carboxylic acid groups (broad SMARTS) is 1. The quantitative estimate of drug-likeness (QED) is 0.109. The molecule has 0 heterocycles. The van der Waals surface area contributed by atoms with Crippen LogP contribution in [0.3, 0.4) is 0 Å². The Morgan fingerprint density at radius 1 is 0.457 bits per heavy atom. The minimum atomic E-state index is -0.886. The molecule has 0 rings (SSSR count). The van der Waals surface area contributed by atoms with Crippen LogP contribution >= 0.6 is 0 Å². The van der Waals surface area contributed by atoms with Gasteiger partial charge in [0.2, 0.25) is 0 Å². The lowest BCUT2D eigenvalue weighted by atomic mass is 9.70. The lowest BCUT2D eigenvalue weighted by Gasteiger charge is -2.35. The molecule has 35 heavy (non-hydrogen) atoms. The van der Waals surface area contributed by atoms with Gasteiger partial charge in [-0.2, -0.15) is 0 Å². The van der Waals surface area contributed by atoms with Crippen LogP contribution < -0.4 is 11.3 Å². The molecule has 0 aromatic heterocycles. The van der Waals surface area contributed by atoms with Gasteiger partial charge in [0.25, 0.3) is 0 Å². The molecule has 212 valence electrons. The van der Waals surface area contributed by atoms with Gasteiger partial charge in [-0.1, -0.05) is 156 Å². The van der Waals surface area contributed by atoms with Gasteiger partial charge in [-0.3, -0.25) is 0 Å². The van der Waals surface area contributed by atoms with Crippen LogP contribution in [0.2, 0.25) is 0 Å². The van der Waals surface area contributed by atoms with Crippen molar-refractivity contribution in [1.82, 2.24) is 6.15 Å². The molecule has 0 spiro atoms. The van der Waals surface area contributed by atoms with Crippen LogP contribution in [0.15, 0.2) is 0 Å². The van der Waals surface area contributed by atoms with Crippen molar-refractivity contribution in [2.45, 2.75) is 194 Å². The van der Waals surface area contributed by atoms with Gasteiger partial charge in [-0.25, -0.2) is 0 Å². The lowest BCUT2D eigenvalue weighted by Crippen LogP contribution is -2.22. The maximum Gasteiger partial charge on any atom is 0.0414 e. The molecular weight excluding hydrogens is 430 g/mol. The van der Waals surface area contributed by atoms with Crippen LogP contribution in [0.5, 0.6) is 0 Å². The van der Waals surface area contributed by atoms with E-state index < -0.39 is 5.97 Å². The highest BCUT2D eigenvalue weighted by molar-refractivity contribution is 5.64. The minimum Gasteiger partial charge on any atom is -0.550 e. The average Bonchev–Trinajstić information content (AvgIpc) is 2.82. The summed E-state index contributed by atoms with van der Waals surface area (Å²) in [4.78, 5) is 10.7. The molecule has 0 fully saturated rings. The fourth-order valence-corrected chi connectivity index (χ4v) is 5.71. The molecule has 3 nitrogen and oxygen atoms in total. The van der Waals surface area contributed by atoms with Gasteiger partial charge in [0.15, 0.2) is 0 Å². The number of hydrogen-bond acceptors (Lipinski definition) is 2. The summed E-state index contributed by atoms with van der Waals surface area (Å²) in [6.07, 6.45) is 35.4. The Kier molecular flexibility index (Phi) is 29.3. The first-order chi connectivity index (χ1) is 16.6. The second-order valence-electron chi connectivity index (χ2n) is 11.3. The van der Waals surface area contributed by atoms with Crippen LogP contribution in [0.25, 0.3) is 0 Å². The predicted octanol–water partition coefficient (Wildman–Crippen LogP) is 10.7. The summed E-state index contributed by atoms with van der Waals surface area (Å²) in [7, 11) is 0. The zero-order chi connectivity index (χ0) is 25.2. The summed E-state index contributed by atoms with van der Waals surface area (Å²) in [5.41, 5.74) is 0.550. The number of rotatable bonds is 28. The number of carbonyl (C=O) groups is 1. The highest BCUT2D eigenvalue weighted by Gasteiger charge is 2.28. The summed E-state index contributed by atoms with van der Waals surface area (Å²) < 4.78 is 0. The summed E-state index contributed by atoms with van der Waals surface area (Å²) in [6, 6.07) is 0. The number of unbranched alkanes of at least 4 members (excludes halogenated alkanes) is 18. The molecule has 4 N–H and O–H groups in total. The smallest absolute Gasteiger partial charge is 0.0414 e. The van der Waals surface area contributed by atoms with Gasteiger partial charge in [0, 0.05) is 5.97 Å². The lowest BCUT2D eigenvalue weighted by molar-refractivity contribution is -0.305. The number of aliphatic carboxylic acids is 1. The van der Waals surface area contributed by atoms with E-state index in [-0.39, 0.29) is 12.6 Å². The van der Waals surface area contributed by atoms with Crippen LogP contribution in [0.4, 0.5) is 0 Å². The molecule has 0 radical (unpaired) electrons. The molecule has 0 aliphatic carbocycles. The first-order valence-corrected chi connectivity index (χ1v) is 15.8. The van der Waals surface area contributed by atoms with Crippen molar-refractivity contribution in [3.8, 4) is 0 Å². The Morgan fingerprint density at radius 3 is 1.00 bits per heavy atom. The van der Waals surface area contributed by atoms with E-state index in [9.17, 15) is 9.90 Å². The molecule has 0 atom stereocenters. The molecule has 0 aliphatic heterocycles. The minimum absolute atomic E-state index is 0. The fraction of sp³-hybridized carbons (Fsp3) is 0.969. The van der Waals surface area contributed by atoms with E-state index in [1.54, 1.807) is 0 Å². The van der Waals surface area contributed by atoms with E-state index in [0.717, 1.165) is 12.8 Å². The van der Waals surface area contributed by atoms with Crippen LogP contribution in [0.1, 0.15) is 194 Å². The van der Waals surface area contributed by atoms with E-state index in [1.165, 1.54) is 154 Å². The summed E-state index contributed by atoms with van der Waals surface area (Å²) in [5.74, 6) is -0.886. The molecule has 0 aromatic rings. The van der Waals surface area contributed by atoms with Crippen LogP contribution in [0, 0.1) is 5.41 Å². The average molecular weight is 498 g/mol. The number of hydrogen-bond donors (Lipinski definition) is 1. The van der Waals surface area contributed by atoms with Gasteiger partial charge < -0.3 is 16.1 Å². The predicted molar refractivity (Wildman–Crippen MR) is 155 cm³/mol. The van der Waals surface area contributed by atoms with E-state index in [1.807, 2.05) is 0 Å². The van der Waals surface area contributed by atoms with Crippen molar-refractivity contribution in [1.29, 1.82) is 0 Å². The Labute approximate surface area is 221 Å².